The van der Waals surface area contributed by atoms with Crippen LogP contribution in [0.1, 0.15) is 17.5 Å². The Morgan fingerprint density at radius 1 is 1.11 bits per heavy atom. The summed E-state index contributed by atoms with van der Waals surface area (Å²) in [5.74, 6) is 2.27. The standard InChI is InChI=1S/C20H23BrN2O4/c1-25-15-7-14(8-16(10-15)26-2)12-27-19-4-3-13(9-17(19)21)11-23-18-5-6-22-20(18)24/h3-4,7-10,18,23H,5-6,11-12H2,1-2H3,(H,22,24). The molecule has 27 heavy (non-hydrogen) atoms. The van der Waals surface area contributed by atoms with Gasteiger partial charge in [-0.05, 0) is 57.7 Å². The van der Waals surface area contributed by atoms with E-state index in [9.17, 15) is 4.79 Å². The third-order valence-electron chi connectivity index (χ3n) is 4.40. The fourth-order valence-corrected chi connectivity index (χ4v) is 3.45. The van der Waals surface area contributed by atoms with Crippen molar-refractivity contribution in [1.82, 2.24) is 10.6 Å². The quantitative estimate of drug-likeness (QED) is 0.668. The van der Waals surface area contributed by atoms with Gasteiger partial charge in [-0.3, -0.25) is 4.79 Å². The highest BCUT2D eigenvalue weighted by molar-refractivity contribution is 9.10. The first kappa shape index (κ1) is 19.5. The predicted octanol–water partition coefficient (Wildman–Crippen LogP) is 3.02. The third kappa shape index (κ3) is 5.14. The van der Waals surface area contributed by atoms with E-state index in [0.29, 0.717) is 13.2 Å². The van der Waals surface area contributed by atoms with Gasteiger partial charge < -0.3 is 24.8 Å². The number of hydrogen-bond acceptors (Lipinski definition) is 5. The molecule has 6 nitrogen and oxygen atoms in total. The number of amides is 1. The normalized spacial score (nSPS) is 16.1. The van der Waals surface area contributed by atoms with E-state index in [1.807, 2.05) is 36.4 Å². The summed E-state index contributed by atoms with van der Waals surface area (Å²) in [6.45, 7) is 1.76. The van der Waals surface area contributed by atoms with E-state index in [0.717, 1.165) is 45.8 Å². The zero-order chi connectivity index (χ0) is 19.2. The van der Waals surface area contributed by atoms with Gasteiger partial charge in [0.05, 0.1) is 24.7 Å². The number of rotatable bonds is 8. The minimum absolute atomic E-state index is 0.0720. The number of benzene rings is 2. The molecule has 3 rings (SSSR count). The van der Waals surface area contributed by atoms with Crippen molar-refractivity contribution in [3.8, 4) is 17.2 Å². The van der Waals surface area contributed by atoms with E-state index in [4.69, 9.17) is 14.2 Å². The number of hydrogen-bond donors (Lipinski definition) is 2. The van der Waals surface area contributed by atoms with E-state index in [1.165, 1.54) is 0 Å². The van der Waals surface area contributed by atoms with Gasteiger partial charge in [0.15, 0.2) is 0 Å². The number of carbonyl (C=O) groups is 1. The van der Waals surface area contributed by atoms with Crippen LogP contribution in [0.2, 0.25) is 0 Å². The number of nitrogens with one attached hydrogen (secondary N) is 2. The van der Waals surface area contributed by atoms with Crippen LogP contribution in [0.15, 0.2) is 40.9 Å². The molecule has 1 amide bonds. The Bertz CT molecular complexity index is 790. The molecule has 0 radical (unpaired) electrons. The molecule has 1 atom stereocenters. The fraction of sp³-hybridized carbons (Fsp3) is 0.350. The molecule has 1 fully saturated rings. The largest absolute Gasteiger partial charge is 0.497 e. The average Bonchev–Trinajstić information content (AvgIpc) is 3.10. The van der Waals surface area contributed by atoms with Crippen LogP contribution in [0.25, 0.3) is 0 Å². The van der Waals surface area contributed by atoms with Crippen LogP contribution in [0.5, 0.6) is 17.2 Å². The van der Waals surface area contributed by atoms with Gasteiger partial charge in [0.1, 0.15) is 23.9 Å². The van der Waals surface area contributed by atoms with Crippen LogP contribution in [0.4, 0.5) is 0 Å². The predicted molar refractivity (Wildman–Crippen MR) is 106 cm³/mol. The third-order valence-corrected chi connectivity index (χ3v) is 5.02. The molecule has 2 aromatic rings. The molecule has 1 unspecified atom stereocenters. The maximum absolute atomic E-state index is 11.6. The van der Waals surface area contributed by atoms with Crippen LogP contribution < -0.4 is 24.8 Å². The van der Waals surface area contributed by atoms with Crippen LogP contribution in [-0.4, -0.2) is 32.7 Å². The first-order chi connectivity index (χ1) is 13.1. The topological polar surface area (TPSA) is 68.8 Å². The molecular weight excluding hydrogens is 412 g/mol. The lowest BCUT2D eigenvalue weighted by Crippen LogP contribution is -2.35. The zero-order valence-corrected chi connectivity index (χ0v) is 17.0. The van der Waals surface area contributed by atoms with Crippen LogP contribution in [-0.2, 0) is 17.9 Å². The molecule has 1 heterocycles. The fourth-order valence-electron chi connectivity index (χ4n) is 2.91. The van der Waals surface area contributed by atoms with Gasteiger partial charge in [-0.15, -0.1) is 0 Å². The van der Waals surface area contributed by atoms with Crippen molar-refractivity contribution in [2.45, 2.75) is 25.6 Å². The minimum Gasteiger partial charge on any atom is -0.497 e. The number of halogens is 1. The molecule has 0 bridgehead atoms. The van der Waals surface area contributed by atoms with Gasteiger partial charge in [0.25, 0.3) is 0 Å². The van der Waals surface area contributed by atoms with Crippen LogP contribution in [0.3, 0.4) is 0 Å². The first-order valence-electron chi connectivity index (χ1n) is 8.73. The SMILES string of the molecule is COc1cc(COc2ccc(CNC3CCNC3=O)cc2Br)cc(OC)c1. The molecule has 7 heteroatoms. The zero-order valence-electron chi connectivity index (χ0n) is 15.4. The summed E-state index contributed by atoms with van der Waals surface area (Å²) in [4.78, 5) is 11.6. The van der Waals surface area contributed by atoms with Crippen molar-refractivity contribution in [1.29, 1.82) is 0 Å². The van der Waals surface area contributed by atoms with Gasteiger partial charge in [-0.2, -0.15) is 0 Å². The Hall–Kier alpha value is -2.25. The summed E-state index contributed by atoms with van der Waals surface area (Å²) < 4.78 is 17.4. The molecule has 1 aliphatic rings. The summed E-state index contributed by atoms with van der Waals surface area (Å²) in [7, 11) is 3.25. The summed E-state index contributed by atoms with van der Waals surface area (Å²) >= 11 is 3.56. The molecule has 2 N–H and O–H groups in total. The number of methoxy groups -OCH3 is 2. The molecule has 0 aromatic heterocycles. The summed E-state index contributed by atoms with van der Waals surface area (Å²) in [6.07, 6.45) is 0.825. The summed E-state index contributed by atoms with van der Waals surface area (Å²) in [5.41, 5.74) is 2.04. The highest BCUT2D eigenvalue weighted by atomic mass is 79.9. The molecule has 1 saturated heterocycles. The molecule has 0 aliphatic carbocycles. The second kappa shape index (κ2) is 9.10. The second-order valence-electron chi connectivity index (χ2n) is 6.29. The van der Waals surface area contributed by atoms with Gasteiger partial charge in [0, 0.05) is 19.2 Å². The summed E-state index contributed by atoms with van der Waals surface area (Å²) in [6, 6.07) is 11.5. The van der Waals surface area contributed by atoms with Crippen molar-refractivity contribution in [2.24, 2.45) is 0 Å². The molecule has 144 valence electrons. The second-order valence-corrected chi connectivity index (χ2v) is 7.14. The molecule has 2 aromatic carbocycles. The van der Waals surface area contributed by atoms with Gasteiger partial charge in [0.2, 0.25) is 5.91 Å². The first-order valence-corrected chi connectivity index (χ1v) is 9.52. The highest BCUT2D eigenvalue weighted by Gasteiger charge is 2.23. The van der Waals surface area contributed by atoms with Crippen LogP contribution >= 0.6 is 15.9 Å². The molecule has 0 spiro atoms. The lowest BCUT2D eigenvalue weighted by molar-refractivity contribution is -0.120. The number of ether oxygens (including phenoxy) is 3. The van der Waals surface area contributed by atoms with E-state index in [2.05, 4.69) is 26.6 Å². The van der Waals surface area contributed by atoms with Crippen molar-refractivity contribution >= 4 is 21.8 Å². The van der Waals surface area contributed by atoms with Crippen molar-refractivity contribution in [3.05, 3.63) is 52.0 Å². The molecule has 1 aliphatic heterocycles. The Balaban J connectivity index is 1.60. The Morgan fingerprint density at radius 3 is 2.44 bits per heavy atom. The maximum atomic E-state index is 11.6. The smallest absolute Gasteiger partial charge is 0.237 e. The van der Waals surface area contributed by atoms with Gasteiger partial charge >= 0.3 is 0 Å². The lowest BCUT2D eigenvalue weighted by atomic mass is 10.2. The monoisotopic (exact) mass is 434 g/mol. The van der Waals surface area contributed by atoms with Crippen LogP contribution in [0, 0.1) is 0 Å². The maximum Gasteiger partial charge on any atom is 0.237 e. The molecule has 0 saturated carbocycles. The van der Waals surface area contributed by atoms with Gasteiger partial charge in [-0.25, -0.2) is 0 Å². The Morgan fingerprint density at radius 2 is 1.85 bits per heavy atom. The Labute approximate surface area is 167 Å². The highest BCUT2D eigenvalue weighted by Crippen LogP contribution is 2.28. The van der Waals surface area contributed by atoms with Crippen molar-refractivity contribution in [3.63, 3.8) is 0 Å². The van der Waals surface area contributed by atoms with Gasteiger partial charge in [-0.1, -0.05) is 6.07 Å². The number of carbonyl (C=O) groups excluding carboxylic acids is 1. The lowest BCUT2D eigenvalue weighted by Gasteiger charge is -2.13. The van der Waals surface area contributed by atoms with E-state index in [1.54, 1.807) is 14.2 Å². The van der Waals surface area contributed by atoms with Crippen molar-refractivity contribution < 1.29 is 19.0 Å². The Kier molecular flexibility index (Phi) is 6.58. The summed E-state index contributed by atoms with van der Waals surface area (Å²) in [5, 5.41) is 6.10. The van der Waals surface area contributed by atoms with E-state index < -0.39 is 0 Å². The van der Waals surface area contributed by atoms with Crippen molar-refractivity contribution in [2.75, 3.05) is 20.8 Å². The van der Waals surface area contributed by atoms with E-state index in [-0.39, 0.29) is 11.9 Å². The minimum atomic E-state index is -0.109. The average molecular weight is 435 g/mol. The molecular formula is C20H23BrN2O4. The van der Waals surface area contributed by atoms with E-state index >= 15 is 0 Å².